The molecule has 0 saturated heterocycles. The van der Waals surface area contributed by atoms with Crippen molar-refractivity contribution in [2.24, 2.45) is 5.92 Å². The third-order valence-electron chi connectivity index (χ3n) is 3.36. The van der Waals surface area contributed by atoms with Crippen LogP contribution in [0.3, 0.4) is 0 Å². The first-order chi connectivity index (χ1) is 10.0. The summed E-state index contributed by atoms with van der Waals surface area (Å²) >= 11 is 0. The minimum Gasteiger partial charge on any atom is -0.466 e. The SMILES string of the molecule is CCOP(=O)(OCC)[C@@H](c1ccco1)N(C)C(=O)C1CC1. The lowest BCUT2D eigenvalue weighted by molar-refractivity contribution is -0.132. The van der Waals surface area contributed by atoms with Gasteiger partial charge in [-0.3, -0.25) is 9.36 Å². The van der Waals surface area contributed by atoms with E-state index in [0.717, 1.165) is 12.8 Å². The topological polar surface area (TPSA) is 69.0 Å². The lowest BCUT2D eigenvalue weighted by atomic mass is 10.3. The second-order valence-corrected chi connectivity index (χ2v) is 7.07. The molecule has 118 valence electrons. The van der Waals surface area contributed by atoms with Gasteiger partial charge in [0.15, 0.2) is 5.78 Å². The van der Waals surface area contributed by atoms with Crippen LogP contribution in [0.15, 0.2) is 22.8 Å². The Labute approximate surface area is 124 Å². The summed E-state index contributed by atoms with van der Waals surface area (Å²) in [6, 6.07) is 3.38. The van der Waals surface area contributed by atoms with E-state index in [1.54, 1.807) is 33.0 Å². The molecule has 0 radical (unpaired) electrons. The Morgan fingerprint density at radius 3 is 2.48 bits per heavy atom. The molecule has 0 spiro atoms. The number of carbonyl (C=O) groups excluding carboxylic acids is 1. The summed E-state index contributed by atoms with van der Waals surface area (Å²) < 4.78 is 29.3. The molecule has 0 N–H and O–H groups in total. The van der Waals surface area contributed by atoms with Crippen LogP contribution in [0.25, 0.3) is 0 Å². The molecule has 0 aromatic carbocycles. The lowest BCUT2D eigenvalue weighted by Gasteiger charge is -2.32. The zero-order valence-electron chi connectivity index (χ0n) is 12.7. The molecule has 1 aromatic heterocycles. The second kappa shape index (κ2) is 6.77. The molecule has 0 aliphatic heterocycles. The van der Waals surface area contributed by atoms with Gasteiger partial charge in [0, 0.05) is 13.0 Å². The van der Waals surface area contributed by atoms with Gasteiger partial charge in [0.1, 0.15) is 5.76 Å². The van der Waals surface area contributed by atoms with Crippen LogP contribution in [0.4, 0.5) is 0 Å². The summed E-state index contributed by atoms with van der Waals surface area (Å²) in [5, 5.41) is 0. The first-order valence-electron chi connectivity index (χ1n) is 7.22. The predicted molar refractivity (Wildman–Crippen MR) is 77.8 cm³/mol. The molecule has 1 saturated carbocycles. The average Bonchev–Trinajstić information content (AvgIpc) is 3.16. The summed E-state index contributed by atoms with van der Waals surface area (Å²) in [4.78, 5) is 13.8. The van der Waals surface area contributed by atoms with Crippen LogP contribution in [-0.4, -0.2) is 31.1 Å². The maximum absolute atomic E-state index is 13.1. The van der Waals surface area contributed by atoms with Crippen molar-refractivity contribution in [1.82, 2.24) is 4.90 Å². The van der Waals surface area contributed by atoms with Gasteiger partial charge in [-0.15, -0.1) is 0 Å². The maximum Gasteiger partial charge on any atom is 0.360 e. The van der Waals surface area contributed by atoms with Gasteiger partial charge in [0.25, 0.3) is 0 Å². The van der Waals surface area contributed by atoms with Crippen LogP contribution >= 0.6 is 7.60 Å². The van der Waals surface area contributed by atoms with Crippen LogP contribution in [0.1, 0.15) is 38.2 Å². The molecular weight excluding hydrogens is 293 g/mol. The van der Waals surface area contributed by atoms with Crippen molar-refractivity contribution in [2.45, 2.75) is 32.5 Å². The van der Waals surface area contributed by atoms with Crippen molar-refractivity contribution in [2.75, 3.05) is 20.3 Å². The monoisotopic (exact) mass is 315 g/mol. The van der Waals surface area contributed by atoms with Crippen molar-refractivity contribution >= 4 is 13.5 Å². The fourth-order valence-electron chi connectivity index (χ4n) is 2.27. The van der Waals surface area contributed by atoms with Gasteiger partial charge in [-0.25, -0.2) is 0 Å². The number of nitrogens with zero attached hydrogens (tertiary/aromatic N) is 1. The summed E-state index contributed by atoms with van der Waals surface area (Å²) in [6.45, 7) is 3.96. The fraction of sp³-hybridized carbons (Fsp3) is 0.643. The van der Waals surface area contributed by atoms with Crippen LogP contribution in [0.2, 0.25) is 0 Å². The zero-order chi connectivity index (χ0) is 15.5. The number of carbonyl (C=O) groups is 1. The third-order valence-corrected chi connectivity index (χ3v) is 5.79. The summed E-state index contributed by atoms with van der Waals surface area (Å²) in [7, 11) is -1.91. The lowest BCUT2D eigenvalue weighted by Crippen LogP contribution is -2.33. The molecule has 0 bridgehead atoms. The number of amides is 1. The first kappa shape index (κ1) is 16.3. The molecule has 1 fully saturated rings. The number of hydrogen-bond donors (Lipinski definition) is 0. The van der Waals surface area contributed by atoms with E-state index in [2.05, 4.69) is 0 Å². The van der Waals surface area contributed by atoms with Crippen molar-refractivity contribution in [3.63, 3.8) is 0 Å². The Balaban J connectivity index is 2.34. The van der Waals surface area contributed by atoms with Crippen molar-refractivity contribution in [1.29, 1.82) is 0 Å². The summed E-state index contributed by atoms with van der Waals surface area (Å²) in [5.41, 5.74) is 0. The van der Waals surface area contributed by atoms with E-state index >= 15 is 0 Å². The molecule has 1 aliphatic carbocycles. The Bertz CT molecular complexity index is 501. The zero-order valence-corrected chi connectivity index (χ0v) is 13.5. The second-order valence-electron chi connectivity index (χ2n) is 4.99. The molecule has 1 heterocycles. The third kappa shape index (κ3) is 3.57. The first-order valence-corrected chi connectivity index (χ1v) is 8.83. The molecule has 21 heavy (non-hydrogen) atoms. The largest absolute Gasteiger partial charge is 0.466 e. The molecule has 1 aliphatic rings. The number of hydrogen-bond acceptors (Lipinski definition) is 5. The Hall–Kier alpha value is -1.10. The Morgan fingerprint density at radius 1 is 1.43 bits per heavy atom. The van der Waals surface area contributed by atoms with Gasteiger partial charge in [-0.1, -0.05) is 0 Å². The van der Waals surface area contributed by atoms with Gasteiger partial charge in [-0.2, -0.15) is 0 Å². The summed E-state index contributed by atoms with van der Waals surface area (Å²) in [6.07, 6.45) is 3.24. The highest BCUT2D eigenvalue weighted by Crippen LogP contribution is 2.62. The molecule has 2 rings (SSSR count). The van der Waals surface area contributed by atoms with Gasteiger partial charge >= 0.3 is 7.60 Å². The predicted octanol–water partition coefficient (Wildman–Crippen LogP) is 3.41. The van der Waals surface area contributed by atoms with Crippen molar-refractivity contribution in [3.8, 4) is 0 Å². The Morgan fingerprint density at radius 2 is 2.05 bits per heavy atom. The molecule has 1 aromatic rings. The van der Waals surface area contributed by atoms with E-state index in [4.69, 9.17) is 13.5 Å². The highest BCUT2D eigenvalue weighted by Gasteiger charge is 2.46. The van der Waals surface area contributed by atoms with Crippen LogP contribution < -0.4 is 0 Å². The van der Waals surface area contributed by atoms with Gasteiger partial charge < -0.3 is 18.4 Å². The number of furan rings is 1. The molecule has 1 atom stereocenters. The van der Waals surface area contributed by atoms with Crippen LogP contribution in [0, 0.1) is 5.92 Å². The molecule has 0 unspecified atom stereocenters. The van der Waals surface area contributed by atoms with Crippen molar-refractivity contribution < 1.29 is 22.8 Å². The fourth-order valence-corrected chi connectivity index (χ4v) is 4.35. The number of rotatable bonds is 8. The molecule has 6 nitrogen and oxygen atoms in total. The Kier molecular flexibility index (Phi) is 5.25. The maximum atomic E-state index is 13.1. The van der Waals surface area contributed by atoms with E-state index in [1.165, 1.54) is 11.2 Å². The van der Waals surface area contributed by atoms with Gasteiger partial charge in [-0.05, 0) is 38.8 Å². The average molecular weight is 315 g/mol. The standard InChI is InChI=1S/C14H22NO5P/c1-4-19-21(17,20-5-2)14(12-7-6-10-18-12)15(3)13(16)11-8-9-11/h6-7,10-11,14H,4-5,8-9H2,1-3H3/t14-/m0/s1. The minimum atomic E-state index is -3.53. The quantitative estimate of drug-likeness (QED) is 0.688. The highest BCUT2D eigenvalue weighted by atomic mass is 31.2. The van der Waals surface area contributed by atoms with E-state index in [-0.39, 0.29) is 25.0 Å². The molecule has 7 heteroatoms. The van der Waals surface area contributed by atoms with Crippen LogP contribution in [-0.2, 0) is 18.4 Å². The van der Waals surface area contributed by atoms with Gasteiger partial charge in [0.2, 0.25) is 5.91 Å². The van der Waals surface area contributed by atoms with E-state index in [9.17, 15) is 9.36 Å². The molecule has 1 amide bonds. The van der Waals surface area contributed by atoms with E-state index in [0.29, 0.717) is 5.76 Å². The van der Waals surface area contributed by atoms with E-state index in [1.807, 2.05) is 0 Å². The van der Waals surface area contributed by atoms with Gasteiger partial charge in [0.05, 0.1) is 19.5 Å². The smallest absolute Gasteiger partial charge is 0.360 e. The van der Waals surface area contributed by atoms with Crippen LogP contribution in [0.5, 0.6) is 0 Å². The van der Waals surface area contributed by atoms with Crippen molar-refractivity contribution in [3.05, 3.63) is 24.2 Å². The molecular formula is C14H22NO5P. The summed E-state index contributed by atoms with van der Waals surface area (Å²) in [5.74, 6) is -0.461. The van der Waals surface area contributed by atoms with E-state index < -0.39 is 13.4 Å². The minimum absolute atomic E-state index is 0.0177. The highest BCUT2D eigenvalue weighted by molar-refractivity contribution is 7.54. The normalized spacial score (nSPS) is 16.7.